The van der Waals surface area contributed by atoms with Gasteiger partial charge in [-0.25, -0.2) is 4.39 Å². The highest BCUT2D eigenvalue weighted by Gasteiger charge is 2.24. The van der Waals surface area contributed by atoms with E-state index in [1.54, 1.807) is 0 Å². The molecule has 1 heterocycles. The summed E-state index contributed by atoms with van der Waals surface area (Å²) in [4.78, 5) is 0. The predicted octanol–water partition coefficient (Wildman–Crippen LogP) is 1.48. The predicted molar refractivity (Wildman–Crippen MR) is 59.2 cm³/mol. The Morgan fingerprint density at radius 2 is 2.07 bits per heavy atom. The van der Waals surface area contributed by atoms with Crippen LogP contribution in [0.4, 0.5) is 4.39 Å². The first kappa shape index (κ1) is 10.6. The highest BCUT2D eigenvalue weighted by molar-refractivity contribution is 5.22. The van der Waals surface area contributed by atoms with Crippen molar-refractivity contribution in [2.24, 2.45) is 11.7 Å². The molecule has 0 spiro atoms. The maximum Gasteiger partial charge on any atom is 0.123 e. The first-order valence-corrected chi connectivity index (χ1v) is 5.47. The van der Waals surface area contributed by atoms with Crippen LogP contribution in [-0.4, -0.2) is 19.6 Å². The van der Waals surface area contributed by atoms with Crippen LogP contribution < -0.4 is 11.1 Å². The van der Waals surface area contributed by atoms with Crippen molar-refractivity contribution >= 4 is 0 Å². The zero-order valence-corrected chi connectivity index (χ0v) is 8.75. The second-order valence-electron chi connectivity index (χ2n) is 4.15. The van der Waals surface area contributed by atoms with Crippen LogP contribution in [0, 0.1) is 11.7 Å². The van der Waals surface area contributed by atoms with Crippen molar-refractivity contribution in [3.63, 3.8) is 0 Å². The van der Waals surface area contributed by atoms with Gasteiger partial charge < -0.3 is 11.1 Å². The van der Waals surface area contributed by atoms with Gasteiger partial charge in [0.1, 0.15) is 5.82 Å². The van der Waals surface area contributed by atoms with Gasteiger partial charge in [0.25, 0.3) is 0 Å². The molecule has 0 saturated carbocycles. The molecule has 1 fully saturated rings. The van der Waals surface area contributed by atoms with Crippen LogP contribution in [0.3, 0.4) is 0 Å². The number of hydrogen-bond acceptors (Lipinski definition) is 2. The lowest BCUT2D eigenvalue weighted by molar-refractivity contribution is 0.333. The van der Waals surface area contributed by atoms with Crippen LogP contribution in [0.25, 0.3) is 0 Å². The standard InChI is InChI=1S/C12H17FN2/c13-11-3-1-9(2-4-11)12-5-6-15-8-10(12)7-14/h1-4,10,12,15H,5-8,14H2. The Kier molecular flexibility index (Phi) is 3.34. The summed E-state index contributed by atoms with van der Waals surface area (Å²) in [5.74, 6) is 0.790. The molecule has 15 heavy (non-hydrogen) atoms. The highest BCUT2D eigenvalue weighted by Crippen LogP contribution is 2.29. The van der Waals surface area contributed by atoms with Crippen molar-refractivity contribution in [2.75, 3.05) is 19.6 Å². The third kappa shape index (κ3) is 2.36. The lowest BCUT2D eigenvalue weighted by Gasteiger charge is -2.31. The minimum Gasteiger partial charge on any atom is -0.330 e. The summed E-state index contributed by atoms with van der Waals surface area (Å²) in [5, 5.41) is 3.34. The molecule has 1 aromatic rings. The Bertz CT molecular complexity index is 310. The van der Waals surface area contributed by atoms with E-state index in [0.717, 1.165) is 19.5 Å². The molecule has 2 atom stereocenters. The lowest BCUT2D eigenvalue weighted by atomic mass is 9.81. The van der Waals surface area contributed by atoms with Gasteiger partial charge in [0.2, 0.25) is 0 Å². The molecule has 1 saturated heterocycles. The van der Waals surface area contributed by atoms with Crippen LogP contribution >= 0.6 is 0 Å². The van der Waals surface area contributed by atoms with Gasteiger partial charge in [-0.2, -0.15) is 0 Å². The molecule has 1 aromatic carbocycles. The number of benzene rings is 1. The van der Waals surface area contributed by atoms with Crippen LogP contribution in [0.15, 0.2) is 24.3 Å². The van der Waals surface area contributed by atoms with E-state index in [1.165, 1.54) is 17.7 Å². The van der Waals surface area contributed by atoms with E-state index >= 15 is 0 Å². The SMILES string of the molecule is NCC1CNCCC1c1ccc(F)cc1. The largest absolute Gasteiger partial charge is 0.330 e. The molecule has 0 aromatic heterocycles. The third-order valence-electron chi connectivity index (χ3n) is 3.21. The Labute approximate surface area is 89.7 Å². The number of hydrogen-bond donors (Lipinski definition) is 2. The quantitative estimate of drug-likeness (QED) is 0.772. The molecule has 82 valence electrons. The summed E-state index contributed by atoms with van der Waals surface area (Å²) in [6.07, 6.45) is 1.09. The first-order valence-electron chi connectivity index (χ1n) is 5.47. The van der Waals surface area contributed by atoms with Crippen LogP contribution in [-0.2, 0) is 0 Å². The molecular weight excluding hydrogens is 191 g/mol. The van der Waals surface area contributed by atoms with Gasteiger partial charge in [0.05, 0.1) is 0 Å². The number of nitrogens with two attached hydrogens (primary N) is 1. The minimum absolute atomic E-state index is 0.169. The lowest BCUT2D eigenvalue weighted by Crippen LogP contribution is -2.39. The number of piperidine rings is 1. The van der Waals surface area contributed by atoms with E-state index in [4.69, 9.17) is 5.73 Å². The minimum atomic E-state index is -0.169. The van der Waals surface area contributed by atoms with Gasteiger partial charge in [-0.15, -0.1) is 0 Å². The molecule has 2 nitrogen and oxygen atoms in total. The van der Waals surface area contributed by atoms with E-state index in [1.807, 2.05) is 12.1 Å². The van der Waals surface area contributed by atoms with Crippen molar-refractivity contribution in [2.45, 2.75) is 12.3 Å². The van der Waals surface area contributed by atoms with E-state index in [-0.39, 0.29) is 5.82 Å². The highest BCUT2D eigenvalue weighted by atomic mass is 19.1. The molecule has 0 bridgehead atoms. The second-order valence-corrected chi connectivity index (χ2v) is 4.15. The molecule has 1 aliphatic rings. The van der Waals surface area contributed by atoms with E-state index in [9.17, 15) is 4.39 Å². The van der Waals surface area contributed by atoms with Crippen molar-refractivity contribution in [1.82, 2.24) is 5.32 Å². The fraction of sp³-hybridized carbons (Fsp3) is 0.500. The number of rotatable bonds is 2. The summed E-state index contributed by atoms with van der Waals surface area (Å²) >= 11 is 0. The van der Waals surface area contributed by atoms with Crippen LogP contribution in [0.2, 0.25) is 0 Å². The van der Waals surface area contributed by atoms with Crippen LogP contribution in [0.5, 0.6) is 0 Å². The molecule has 3 heteroatoms. The van der Waals surface area contributed by atoms with Gasteiger partial charge in [0.15, 0.2) is 0 Å². The summed E-state index contributed by atoms with van der Waals surface area (Å²) in [6, 6.07) is 6.83. The third-order valence-corrected chi connectivity index (χ3v) is 3.21. The van der Waals surface area contributed by atoms with Crippen molar-refractivity contribution in [3.05, 3.63) is 35.6 Å². The molecule has 1 aliphatic heterocycles. The fourth-order valence-corrected chi connectivity index (χ4v) is 2.32. The molecule has 2 unspecified atom stereocenters. The summed E-state index contributed by atoms with van der Waals surface area (Å²) < 4.78 is 12.8. The van der Waals surface area contributed by atoms with Crippen molar-refractivity contribution in [1.29, 1.82) is 0 Å². The van der Waals surface area contributed by atoms with Gasteiger partial charge in [-0.05, 0) is 55.6 Å². The van der Waals surface area contributed by atoms with Gasteiger partial charge in [-0.3, -0.25) is 0 Å². The van der Waals surface area contributed by atoms with Gasteiger partial charge in [-0.1, -0.05) is 12.1 Å². The Hall–Kier alpha value is -0.930. The number of nitrogens with one attached hydrogen (secondary N) is 1. The second kappa shape index (κ2) is 4.73. The monoisotopic (exact) mass is 208 g/mol. The van der Waals surface area contributed by atoms with Crippen LogP contribution in [0.1, 0.15) is 17.9 Å². The molecule has 0 amide bonds. The summed E-state index contributed by atoms with van der Waals surface area (Å²) in [5.41, 5.74) is 6.96. The average molecular weight is 208 g/mol. The van der Waals surface area contributed by atoms with Crippen molar-refractivity contribution in [3.8, 4) is 0 Å². The Morgan fingerprint density at radius 3 is 2.73 bits per heavy atom. The summed E-state index contributed by atoms with van der Waals surface area (Å²) in [7, 11) is 0. The molecule has 3 N–H and O–H groups in total. The van der Waals surface area contributed by atoms with E-state index in [2.05, 4.69) is 5.32 Å². The smallest absolute Gasteiger partial charge is 0.123 e. The molecular formula is C12H17FN2. The average Bonchev–Trinajstić information content (AvgIpc) is 2.30. The topological polar surface area (TPSA) is 38.0 Å². The molecule has 0 radical (unpaired) electrons. The molecule has 2 rings (SSSR count). The maximum atomic E-state index is 12.8. The summed E-state index contributed by atoms with van der Waals surface area (Å²) in [6.45, 7) is 2.69. The van der Waals surface area contributed by atoms with E-state index in [0.29, 0.717) is 18.4 Å². The molecule has 0 aliphatic carbocycles. The van der Waals surface area contributed by atoms with Crippen molar-refractivity contribution < 1.29 is 4.39 Å². The normalized spacial score (nSPS) is 26.5. The fourth-order valence-electron chi connectivity index (χ4n) is 2.32. The van der Waals surface area contributed by atoms with Gasteiger partial charge >= 0.3 is 0 Å². The number of halogens is 1. The zero-order chi connectivity index (χ0) is 10.7. The Morgan fingerprint density at radius 1 is 1.33 bits per heavy atom. The zero-order valence-electron chi connectivity index (χ0n) is 8.75. The van der Waals surface area contributed by atoms with E-state index < -0.39 is 0 Å². The first-order chi connectivity index (χ1) is 7.31. The Balaban J connectivity index is 2.16. The maximum absolute atomic E-state index is 12.8. The van der Waals surface area contributed by atoms with Gasteiger partial charge in [0, 0.05) is 0 Å².